The summed E-state index contributed by atoms with van der Waals surface area (Å²) in [5.74, 6) is 0.735. The van der Waals surface area contributed by atoms with E-state index in [0.29, 0.717) is 22.6 Å². The number of hydrogen-bond donors (Lipinski definition) is 0. The molecule has 1 heterocycles. The molecule has 0 aliphatic heterocycles. The lowest BCUT2D eigenvalue weighted by Crippen LogP contribution is -2.09. The molecule has 2 aromatic carbocycles. The lowest BCUT2D eigenvalue weighted by Gasteiger charge is -2.11. The predicted octanol–water partition coefficient (Wildman–Crippen LogP) is 3.00. The van der Waals surface area contributed by atoms with Gasteiger partial charge in [-0.15, -0.1) is 0 Å². The fourth-order valence-corrected chi connectivity index (χ4v) is 2.27. The number of methoxy groups -OCH3 is 2. The summed E-state index contributed by atoms with van der Waals surface area (Å²) in [7, 11) is 3.13. The summed E-state index contributed by atoms with van der Waals surface area (Å²) in [6.07, 6.45) is 1.41. The van der Waals surface area contributed by atoms with Crippen LogP contribution in [0.1, 0.15) is 16.1 Å². The van der Waals surface area contributed by atoms with Gasteiger partial charge < -0.3 is 14.2 Å². The van der Waals surface area contributed by atoms with Gasteiger partial charge in [0.2, 0.25) is 0 Å². The minimum absolute atomic E-state index is 0.0493. The Morgan fingerprint density at radius 1 is 1.04 bits per heavy atom. The van der Waals surface area contributed by atoms with Crippen LogP contribution in [0.5, 0.6) is 11.5 Å². The first-order chi connectivity index (χ1) is 11.7. The van der Waals surface area contributed by atoms with Crippen molar-refractivity contribution in [3.8, 4) is 11.5 Å². The van der Waals surface area contributed by atoms with Gasteiger partial charge in [-0.3, -0.25) is 4.98 Å². The molecule has 6 nitrogen and oxygen atoms in total. The summed E-state index contributed by atoms with van der Waals surface area (Å²) in [5.41, 5.74) is 2.24. The number of carbonyl (C=O) groups is 1. The number of esters is 1. The summed E-state index contributed by atoms with van der Waals surface area (Å²) >= 11 is 0. The highest BCUT2D eigenvalue weighted by atomic mass is 16.5. The fourth-order valence-electron chi connectivity index (χ4n) is 2.27. The molecule has 3 aromatic rings. The van der Waals surface area contributed by atoms with E-state index in [1.54, 1.807) is 38.5 Å². The van der Waals surface area contributed by atoms with E-state index in [2.05, 4.69) is 9.97 Å². The van der Waals surface area contributed by atoms with Crippen molar-refractivity contribution in [2.75, 3.05) is 14.2 Å². The second-order valence-corrected chi connectivity index (χ2v) is 5.00. The molecule has 0 aliphatic rings. The van der Waals surface area contributed by atoms with Gasteiger partial charge in [0.25, 0.3) is 0 Å². The zero-order valence-corrected chi connectivity index (χ0v) is 13.4. The Balaban J connectivity index is 1.77. The lowest BCUT2D eigenvalue weighted by atomic mass is 10.2. The SMILES string of the molecule is COc1ccc(OC)c(COC(=O)c2cnc3ccccc3n2)c1. The number of nitrogens with zero attached hydrogens (tertiary/aromatic N) is 2. The number of fused-ring (bicyclic) bond motifs is 1. The Hall–Kier alpha value is -3.15. The molecule has 0 unspecified atom stereocenters. The molecule has 0 saturated carbocycles. The highest BCUT2D eigenvalue weighted by Crippen LogP contribution is 2.24. The molecule has 0 aliphatic carbocycles. The van der Waals surface area contributed by atoms with Crippen LogP contribution in [-0.2, 0) is 11.3 Å². The zero-order valence-electron chi connectivity index (χ0n) is 13.4. The number of hydrogen-bond acceptors (Lipinski definition) is 6. The molecule has 3 rings (SSSR count). The average Bonchev–Trinajstić information content (AvgIpc) is 2.65. The maximum absolute atomic E-state index is 12.2. The van der Waals surface area contributed by atoms with Crippen molar-refractivity contribution in [1.82, 2.24) is 9.97 Å². The van der Waals surface area contributed by atoms with E-state index in [-0.39, 0.29) is 12.3 Å². The number of para-hydroxylation sites is 2. The summed E-state index contributed by atoms with van der Waals surface area (Å²) in [6.45, 7) is 0.0493. The molecule has 0 N–H and O–H groups in total. The molecule has 0 radical (unpaired) electrons. The van der Waals surface area contributed by atoms with Gasteiger partial charge in [-0.05, 0) is 30.3 Å². The third kappa shape index (κ3) is 3.27. The van der Waals surface area contributed by atoms with E-state index < -0.39 is 5.97 Å². The number of ether oxygens (including phenoxy) is 3. The van der Waals surface area contributed by atoms with Crippen LogP contribution >= 0.6 is 0 Å². The number of carbonyl (C=O) groups excluding carboxylic acids is 1. The van der Waals surface area contributed by atoms with Crippen LogP contribution in [0.15, 0.2) is 48.7 Å². The molecule has 0 spiro atoms. The van der Waals surface area contributed by atoms with E-state index in [0.717, 1.165) is 5.52 Å². The standard InChI is InChI=1S/C18H16N2O4/c1-22-13-7-8-17(23-2)12(9-13)11-24-18(21)16-10-19-14-5-3-4-6-15(14)20-16/h3-10H,11H2,1-2H3. The smallest absolute Gasteiger partial charge is 0.358 e. The van der Waals surface area contributed by atoms with E-state index in [4.69, 9.17) is 14.2 Å². The van der Waals surface area contributed by atoms with Gasteiger partial charge in [0.15, 0.2) is 5.69 Å². The Kier molecular flexibility index (Phi) is 4.56. The predicted molar refractivity (Wildman–Crippen MR) is 88.2 cm³/mol. The molecular weight excluding hydrogens is 308 g/mol. The van der Waals surface area contributed by atoms with Crippen LogP contribution in [0.3, 0.4) is 0 Å². The Labute approximate surface area is 139 Å². The van der Waals surface area contributed by atoms with Gasteiger partial charge in [0, 0.05) is 5.56 Å². The van der Waals surface area contributed by atoms with Gasteiger partial charge >= 0.3 is 5.97 Å². The maximum atomic E-state index is 12.2. The third-order valence-electron chi connectivity index (χ3n) is 3.50. The fraction of sp³-hybridized carbons (Fsp3) is 0.167. The van der Waals surface area contributed by atoms with Crippen molar-refractivity contribution in [2.24, 2.45) is 0 Å². The first-order valence-corrected chi connectivity index (χ1v) is 7.31. The van der Waals surface area contributed by atoms with Crippen molar-refractivity contribution in [3.63, 3.8) is 0 Å². The summed E-state index contributed by atoms with van der Waals surface area (Å²) in [5, 5.41) is 0. The molecule has 0 amide bonds. The Morgan fingerprint density at radius 2 is 1.83 bits per heavy atom. The zero-order chi connectivity index (χ0) is 16.9. The molecule has 122 valence electrons. The monoisotopic (exact) mass is 324 g/mol. The maximum Gasteiger partial charge on any atom is 0.358 e. The molecule has 0 fully saturated rings. The number of rotatable bonds is 5. The molecule has 0 bridgehead atoms. The van der Waals surface area contributed by atoms with Gasteiger partial charge in [0.05, 0.1) is 31.4 Å². The van der Waals surface area contributed by atoms with Gasteiger partial charge in [-0.1, -0.05) is 12.1 Å². The van der Waals surface area contributed by atoms with Crippen LogP contribution in [-0.4, -0.2) is 30.2 Å². The van der Waals surface area contributed by atoms with E-state index >= 15 is 0 Å². The Bertz CT molecular complexity index is 880. The van der Waals surface area contributed by atoms with E-state index in [9.17, 15) is 4.79 Å². The van der Waals surface area contributed by atoms with Crippen LogP contribution in [0.2, 0.25) is 0 Å². The van der Waals surface area contributed by atoms with Gasteiger partial charge in [-0.25, -0.2) is 9.78 Å². The highest BCUT2D eigenvalue weighted by Gasteiger charge is 2.13. The van der Waals surface area contributed by atoms with E-state index in [1.807, 2.05) is 18.2 Å². The summed E-state index contributed by atoms with van der Waals surface area (Å²) in [6, 6.07) is 12.6. The minimum atomic E-state index is -0.543. The first-order valence-electron chi connectivity index (χ1n) is 7.31. The molecule has 6 heteroatoms. The largest absolute Gasteiger partial charge is 0.497 e. The summed E-state index contributed by atoms with van der Waals surface area (Å²) in [4.78, 5) is 20.7. The number of benzene rings is 2. The van der Waals surface area contributed by atoms with Crippen LogP contribution in [0.25, 0.3) is 11.0 Å². The molecule has 1 aromatic heterocycles. The quantitative estimate of drug-likeness (QED) is 0.672. The molecule has 0 atom stereocenters. The van der Waals surface area contributed by atoms with Crippen molar-refractivity contribution in [3.05, 3.63) is 59.9 Å². The normalized spacial score (nSPS) is 10.4. The van der Waals surface area contributed by atoms with Crippen molar-refractivity contribution in [1.29, 1.82) is 0 Å². The third-order valence-corrected chi connectivity index (χ3v) is 3.50. The molecule has 24 heavy (non-hydrogen) atoms. The topological polar surface area (TPSA) is 70.5 Å². The van der Waals surface area contributed by atoms with Gasteiger partial charge in [0.1, 0.15) is 18.1 Å². The van der Waals surface area contributed by atoms with Gasteiger partial charge in [-0.2, -0.15) is 0 Å². The van der Waals surface area contributed by atoms with Crippen LogP contribution in [0.4, 0.5) is 0 Å². The van der Waals surface area contributed by atoms with Crippen molar-refractivity contribution in [2.45, 2.75) is 6.61 Å². The molecular formula is C18H16N2O4. The Morgan fingerprint density at radius 3 is 2.58 bits per heavy atom. The van der Waals surface area contributed by atoms with E-state index in [1.165, 1.54) is 6.20 Å². The van der Waals surface area contributed by atoms with Crippen molar-refractivity contribution < 1.29 is 19.0 Å². The lowest BCUT2D eigenvalue weighted by molar-refractivity contribution is 0.0463. The second kappa shape index (κ2) is 6.95. The highest BCUT2D eigenvalue weighted by molar-refractivity contribution is 5.89. The average molecular weight is 324 g/mol. The second-order valence-electron chi connectivity index (χ2n) is 5.00. The summed E-state index contributed by atoms with van der Waals surface area (Å²) < 4.78 is 15.8. The first kappa shape index (κ1) is 15.7. The van der Waals surface area contributed by atoms with Crippen LogP contribution < -0.4 is 9.47 Å². The van der Waals surface area contributed by atoms with Crippen LogP contribution in [0, 0.1) is 0 Å². The minimum Gasteiger partial charge on any atom is -0.497 e. The molecule has 0 saturated heterocycles. The van der Waals surface area contributed by atoms with Crippen molar-refractivity contribution >= 4 is 17.0 Å². The number of aromatic nitrogens is 2.